The number of piperidine rings is 1. The predicted octanol–water partition coefficient (Wildman–Crippen LogP) is 0.972. The summed E-state index contributed by atoms with van der Waals surface area (Å²) in [6, 6.07) is 6.12. The maximum Gasteiger partial charge on any atom is 0.128 e. The molecule has 0 radical (unpaired) electrons. The van der Waals surface area contributed by atoms with E-state index in [9.17, 15) is 0 Å². The third kappa shape index (κ3) is 4.40. The van der Waals surface area contributed by atoms with Crippen molar-refractivity contribution in [2.75, 3.05) is 57.3 Å². The maximum absolute atomic E-state index is 5.99. The van der Waals surface area contributed by atoms with Gasteiger partial charge in [-0.25, -0.2) is 4.98 Å². The lowest BCUT2D eigenvalue weighted by Crippen LogP contribution is -2.47. The van der Waals surface area contributed by atoms with E-state index in [0.717, 1.165) is 71.1 Å². The van der Waals surface area contributed by atoms with E-state index < -0.39 is 0 Å². The number of nitrogens with one attached hydrogen (secondary N) is 1. The van der Waals surface area contributed by atoms with Gasteiger partial charge >= 0.3 is 0 Å². The SMILES string of the molecule is c1ccc(N2CCN(CCOC3CCNCC3)CC2)nc1. The van der Waals surface area contributed by atoms with E-state index in [2.05, 4.69) is 32.2 Å². The highest BCUT2D eigenvalue weighted by atomic mass is 16.5. The van der Waals surface area contributed by atoms with Gasteiger partial charge in [-0.15, -0.1) is 0 Å². The standard InChI is InChI=1S/C16H26N4O/c1-2-6-18-16(3-1)20-11-9-19(10-12-20)13-14-21-15-4-7-17-8-5-15/h1-3,6,15,17H,4-5,7-14H2. The van der Waals surface area contributed by atoms with Crippen LogP contribution in [0.25, 0.3) is 0 Å². The summed E-state index contributed by atoms with van der Waals surface area (Å²) in [5.41, 5.74) is 0. The van der Waals surface area contributed by atoms with Gasteiger partial charge in [0.15, 0.2) is 0 Å². The van der Waals surface area contributed by atoms with E-state index in [-0.39, 0.29) is 0 Å². The van der Waals surface area contributed by atoms with Gasteiger partial charge in [-0.2, -0.15) is 0 Å². The highest BCUT2D eigenvalue weighted by Crippen LogP contribution is 2.12. The molecule has 2 saturated heterocycles. The second-order valence-electron chi connectivity index (χ2n) is 5.84. The quantitative estimate of drug-likeness (QED) is 0.875. The van der Waals surface area contributed by atoms with Gasteiger partial charge in [0.1, 0.15) is 5.82 Å². The van der Waals surface area contributed by atoms with E-state index >= 15 is 0 Å². The Morgan fingerprint density at radius 3 is 2.67 bits per heavy atom. The van der Waals surface area contributed by atoms with Crippen LogP contribution >= 0.6 is 0 Å². The fraction of sp³-hybridized carbons (Fsp3) is 0.688. The summed E-state index contributed by atoms with van der Waals surface area (Å²) in [6.07, 6.45) is 4.66. The van der Waals surface area contributed by atoms with Crippen molar-refractivity contribution in [1.82, 2.24) is 15.2 Å². The molecule has 0 saturated carbocycles. The van der Waals surface area contributed by atoms with Crippen molar-refractivity contribution < 1.29 is 4.74 Å². The molecule has 2 aliphatic rings. The van der Waals surface area contributed by atoms with E-state index in [1.165, 1.54) is 0 Å². The number of aromatic nitrogens is 1. The third-order valence-electron chi connectivity index (χ3n) is 4.39. The van der Waals surface area contributed by atoms with Gasteiger partial charge in [0.25, 0.3) is 0 Å². The molecule has 5 heteroatoms. The Labute approximate surface area is 127 Å². The zero-order chi connectivity index (χ0) is 14.3. The lowest BCUT2D eigenvalue weighted by Gasteiger charge is -2.35. The zero-order valence-electron chi connectivity index (χ0n) is 12.7. The minimum atomic E-state index is 0.473. The summed E-state index contributed by atoms with van der Waals surface area (Å²) in [4.78, 5) is 9.29. The summed E-state index contributed by atoms with van der Waals surface area (Å²) in [5, 5.41) is 3.37. The lowest BCUT2D eigenvalue weighted by molar-refractivity contribution is 0.0195. The van der Waals surface area contributed by atoms with Crippen LogP contribution in [-0.4, -0.2) is 68.4 Å². The molecule has 3 rings (SSSR count). The van der Waals surface area contributed by atoms with E-state index in [0.29, 0.717) is 6.10 Å². The molecule has 0 spiro atoms. The molecular weight excluding hydrogens is 264 g/mol. The summed E-state index contributed by atoms with van der Waals surface area (Å²) in [6.45, 7) is 8.46. The second-order valence-corrected chi connectivity index (χ2v) is 5.84. The minimum absolute atomic E-state index is 0.473. The van der Waals surface area contributed by atoms with Crippen molar-refractivity contribution in [3.63, 3.8) is 0 Å². The van der Waals surface area contributed by atoms with Crippen LogP contribution < -0.4 is 10.2 Å². The predicted molar refractivity (Wildman–Crippen MR) is 84.7 cm³/mol. The molecule has 0 unspecified atom stereocenters. The van der Waals surface area contributed by atoms with Crippen LogP contribution in [0.1, 0.15) is 12.8 Å². The number of anilines is 1. The first-order valence-electron chi connectivity index (χ1n) is 8.12. The fourth-order valence-corrected chi connectivity index (χ4v) is 3.05. The van der Waals surface area contributed by atoms with Crippen molar-refractivity contribution in [2.24, 2.45) is 0 Å². The number of nitrogens with zero attached hydrogens (tertiary/aromatic N) is 3. The summed E-state index contributed by atoms with van der Waals surface area (Å²) in [7, 11) is 0. The molecule has 0 atom stereocenters. The van der Waals surface area contributed by atoms with Crippen molar-refractivity contribution in [1.29, 1.82) is 0 Å². The van der Waals surface area contributed by atoms with Gasteiger partial charge < -0.3 is 15.0 Å². The Balaban J connectivity index is 1.34. The van der Waals surface area contributed by atoms with Crippen LogP contribution in [0.5, 0.6) is 0 Å². The Hall–Kier alpha value is -1.17. The molecule has 3 heterocycles. The molecule has 0 bridgehead atoms. The van der Waals surface area contributed by atoms with Crippen molar-refractivity contribution in [2.45, 2.75) is 18.9 Å². The van der Waals surface area contributed by atoms with Gasteiger partial charge in [0.2, 0.25) is 0 Å². The monoisotopic (exact) mass is 290 g/mol. The van der Waals surface area contributed by atoms with E-state index in [4.69, 9.17) is 4.74 Å². The van der Waals surface area contributed by atoms with Crippen LogP contribution in [0, 0.1) is 0 Å². The van der Waals surface area contributed by atoms with Crippen LogP contribution in [0.4, 0.5) is 5.82 Å². The van der Waals surface area contributed by atoms with E-state index in [1.54, 1.807) is 0 Å². The summed E-state index contributed by atoms with van der Waals surface area (Å²) >= 11 is 0. The Bertz CT molecular complexity index is 400. The van der Waals surface area contributed by atoms with Gasteiger partial charge in [-0.05, 0) is 38.1 Å². The summed E-state index contributed by atoms with van der Waals surface area (Å²) in [5.74, 6) is 1.10. The topological polar surface area (TPSA) is 40.6 Å². The lowest BCUT2D eigenvalue weighted by atomic mass is 10.1. The Morgan fingerprint density at radius 2 is 1.95 bits per heavy atom. The first-order chi connectivity index (χ1) is 10.4. The average molecular weight is 290 g/mol. The molecule has 0 aromatic carbocycles. The molecule has 5 nitrogen and oxygen atoms in total. The molecule has 116 valence electrons. The molecule has 2 fully saturated rings. The number of hydrogen-bond acceptors (Lipinski definition) is 5. The molecule has 0 aliphatic carbocycles. The van der Waals surface area contributed by atoms with Gasteiger partial charge in [0.05, 0.1) is 12.7 Å². The highest BCUT2D eigenvalue weighted by Gasteiger charge is 2.18. The minimum Gasteiger partial charge on any atom is -0.377 e. The average Bonchev–Trinajstić information content (AvgIpc) is 2.57. The summed E-state index contributed by atoms with van der Waals surface area (Å²) < 4.78 is 5.99. The van der Waals surface area contributed by atoms with Crippen LogP contribution in [-0.2, 0) is 4.74 Å². The zero-order valence-corrected chi connectivity index (χ0v) is 12.7. The number of pyridine rings is 1. The third-order valence-corrected chi connectivity index (χ3v) is 4.39. The van der Waals surface area contributed by atoms with Gasteiger partial charge in [-0.3, -0.25) is 4.90 Å². The molecule has 1 aromatic heterocycles. The molecule has 21 heavy (non-hydrogen) atoms. The van der Waals surface area contributed by atoms with Crippen molar-refractivity contribution in [3.8, 4) is 0 Å². The highest BCUT2D eigenvalue weighted by molar-refractivity contribution is 5.38. The largest absolute Gasteiger partial charge is 0.377 e. The van der Waals surface area contributed by atoms with Crippen LogP contribution in [0.15, 0.2) is 24.4 Å². The Kier molecular flexibility index (Phi) is 5.43. The smallest absolute Gasteiger partial charge is 0.128 e. The van der Waals surface area contributed by atoms with Gasteiger partial charge in [-0.1, -0.05) is 6.07 Å². The van der Waals surface area contributed by atoms with Crippen molar-refractivity contribution in [3.05, 3.63) is 24.4 Å². The normalized spacial score (nSPS) is 21.6. The second kappa shape index (κ2) is 7.73. The van der Waals surface area contributed by atoms with Crippen LogP contribution in [0.2, 0.25) is 0 Å². The van der Waals surface area contributed by atoms with Crippen LogP contribution in [0.3, 0.4) is 0 Å². The first kappa shape index (κ1) is 14.8. The Morgan fingerprint density at radius 1 is 1.14 bits per heavy atom. The first-order valence-corrected chi connectivity index (χ1v) is 8.12. The fourth-order valence-electron chi connectivity index (χ4n) is 3.05. The molecular formula is C16H26N4O. The molecule has 1 N–H and O–H groups in total. The van der Waals surface area contributed by atoms with Gasteiger partial charge in [0, 0.05) is 38.9 Å². The van der Waals surface area contributed by atoms with Crippen molar-refractivity contribution >= 4 is 5.82 Å². The number of ether oxygens (including phenoxy) is 1. The van der Waals surface area contributed by atoms with E-state index in [1.807, 2.05) is 12.3 Å². The molecule has 2 aliphatic heterocycles. The number of rotatable bonds is 5. The molecule has 1 aromatic rings. The number of hydrogen-bond donors (Lipinski definition) is 1. The molecule has 0 amide bonds. The maximum atomic E-state index is 5.99. The number of piperazine rings is 1.